The van der Waals surface area contributed by atoms with Gasteiger partial charge in [0, 0.05) is 22.3 Å². The standard InChI is InChI=1S/C35H30O7/c1-22(2)34(38)40-18-7-3-4-8-19-41-35(39)23-14-16-26(17-15-23)42-30-13-9-12-27-31(30)33(37)29-21-25-11-6-5-10-24(25)20-28(29)32(27)36/h5-6,9-17,20-21H,1,3-4,7-8,18-19H2,2H3. The normalized spacial score (nSPS) is 11.9. The molecule has 0 fully saturated rings. The molecule has 42 heavy (non-hydrogen) atoms. The number of fused-ring (bicyclic) bond motifs is 3. The van der Waals surface area contributed by atoms with Gasteiger partial charge in [-0.1, -0.05) is 43.0 Å². The first-order valence-corrected chi connectivity index (χ1v) is 13.9. The fraction of sp³-hybridized carbons (Fsp3) is 0.200. The van der Waals surface area contributed by atoms with Gasteiger partial charge in [-0.2, -0.15) is 0 Å². The van der Waals surface area contributed by atoms with Gasteiger partial charge in [0.15, 0.2) is 11.6 Å². The van der Waals surface area contributed by atoms with Crippen LogP contribution in [0.4, 0.5) is 0 Å². The minimum absolute atomic E-state index is 0.222. The summed E-state index contributed by atoms with van der Waals surface area (Å²) in [4.78, 5) is 50.8. The number of hydrogen-bond acceptors (Lipinski definition) is 7. The number of hydrogen-bond donors (Lipinski definition) is 0. The van der Waals surface area contributed by atoms with Gasteiger partial charge < -0.3 is 14.2 Å². The molecule has 0 radical (unpaired) electrons. The van der Waals surface area contributed by atoms with Crippen molar-refractivity contribution < 1.29 is 33.4 Å². The highest BCUT2D eigenvalue weighted by molar-refractivity contribution is 6.30. The first kappa shape index (κ1) is 28.5. The molecule has 7 nitrogen and oxygen atoms in total. The van der Waals surface area contributed by atoms with E-state index in [0.717, 1.165) is 30.0 Å². The van der Waals surface area contributed by atoms with Crippen LogP contribution in [0.2, 0.25) is 0 Å². The number of ether oxygens (including phenoxy) is 3. The van der Waals surface area contributed by atoms with E-state index >= 15 is 0 Å². The Morgan fingerprint density at radius 3 is 1.95 bits per heavy atom. The number of esters is 2. The van der Waals surface area contributed by atoms with Gasteiger partial charge >= 0.3 is 11.9 Å². The van der Waals surface area contributed by atoms with Gasteiger partial charge in [-0.15, -0.1) is 0 Å². The lowest BCUT2D eigenvalue weighted by molar-refractivity contribution is -0.139. The Kier molecular flexibility index (Phi) is 8.58. The third kappa shape index (κ3) is 6.15. The number of carbonyl (C=O) groups excluding carboxylic acids is 4. The predicted molar refractivity (Wildman–Crippen MR) is 158 cm³/mol. The van der Waals surface area contributed by atoms with Crippen molar-refractivity contribution >= 4 is 34.3 Å². The summed E-state index contributed by atoms with van der Waals surface area (Å²) in [5, 5.41) is 1.77. The maximum absolute atomic E-state index is 13.6. The maximum Gasteiger partial charge on any atom is 0.338 e. The molecule has 0 atom stereocenters. The molecule has 0 unspecified atom stereocenters. The summed E-state index contributed by atoms with van der Waals surface area (Å²) in [7, 11) is 0. The van der Waals surface area contributed by atoms with Crippen molar-refractivity contribution in [2.75, 3.05) is 13.2 Å². The number of carbonyl (C=O) groups is 4. The topological polar surface area (TPSA) is 96.0 Å². The molecule has 0 spiro atoms. The summed E-state index contributed by atoms with van der Waals surface area (Å²) in [6.45, 7) is 5.78. The molecular formula is C35H30O7. The average Bonchev–Trinajstić information content (AvgIpc) is 3.00. The largest absolute Gasteiger partial charge is 0.462 e. The van der Waals surface area contributed by atoms with E-state index in [-0.39, 0.29) is 35.5 Å². The summed E-state index contributed by atoms with van der Waals surface area (Å²) >= 11 is 0. The van der Waals surface area contributed by atoms with Gasteiger partial charge in [-0.25, -0.2) is 9.59 Å². The molecule has 0 saturated heterocycles. The van der Waals surface area contributed by atoms with Gasteiger partial charge in [0.05, 0.1) is 24.3 Å². The molecule has 0 aliphatic heterocycles. The molecule has 0 bridgehead atoms. The molecule has 0 N–H and O–H groups in total. The van der Waals surface area contributed by atoms with Crippen LogP contribution in [0.25, 0.3) is 10.8 Å². The van der Waals surface area contributed by atoms with Crippen molar-refractivity contribution in [3.05, 3.63) is 119 Å². The van der Waals surface area contributed by atoms with Crippen LogP contribution in [0, 0.1) is 0 Å². The lowest BCUT2D eigenvalue weighted by Gasteiger charge is -2.21. The van der Waals surface area contributed by atoms with Crippen LogP contribution in [0.5, 0.6) is 11.5 Å². The van der Waals surface area contributed by atoms with Crippen LogP contribution >= 0.6 is 0 Å². The highest BCUT2D eigenvalue weighted by atomic mass is 16.5. The smallest absolute Gasteiger partial charge is 0.338 e. The fourth-order valence-electron chi connectivity index (χ4n) is 4.82. The van der Waals surface area contributed by atoms with Crippen LogP contribution in [-0.4, -0.2) is 36.7 Å². The van der Waals surface area contributed by atoms with Crippen molar-refractivity contribution in [1.82, 2.24) is 0 Å². The summed E-state index contributed by atoms with van der Waals surface area (Å²) in [6, 6.07) is 22.5. The molecular weight excluding hydrogens is 532 g/mol. The van der Waals surface area contributed by atoms with Crippen molar-refractivity contribution in [3.63, 3.8) is 0 Å². The fourth-order valence-corrected chi connectivity index (χ4v) is 4.82. The van der Waals surface area contributed by atoms with Crippen molar-refractivity contribution in [2.45, 2.75) is 32.6 Å². The Morgan fingerprint density at radius 2 is 1.31 bits per heavy atom. The third-order valence-electron chi connectivity index (χ3n) is 7.04. The minimum Gasteiger partial charge on any atom is -0.462 e. The van der Waals surface area contributed by atoms with Gasteiger partial charge in [-0.3, -0.25) is 9.59 Å². The Labute approximate surface area is 243 Å². The third-order valence-corrected chi connectivity index (χ3v) is 7.04. The van der Waals surface area contributed by atoms with E-state index in [1.165, 1.54) is 0 Å². The maximum atomic E-state index is 13.6. The summed E-state index contributed by atoms with van der Waals surface area (Å²) < 4.78 is 16.5. The van der Waals surface area contributed by atoms with Gasteiger partial charge in [0.25, 0.3) is 0 Å². The minimum atomic E-state index is -0.446. The first-order chi connectivity index (χ1) is 20.3. The number of rotatable bonds is 11. The van der Waals surface area contributed by atoms with Crippen LogP contribution in [0.3, 0.4) is 0 Å². The zero-order valence-corrected chi connectivity index (χ0v) is 23.3. The second-order valence-corrected chi connectivity index (χ2v) is 10.2. The van der Waals surface area contributed by atoms with Crippen molar-refractivity contribution in [3.8, 4) is 11.5 Å². The summed E-state index contributed by atoms with van der Waals surface area (Å²) in [5.41, 5.74) is 2.02. The Bertz CT molecular complexity index is 1700. The van der Waals surface area contributed by atoms with E-state index in [2.05, 4.69) is 6.58 Å². The monoisotopic (exact) mass is 562 g/mol. The van der Waals surface area contributed by atoms with Gasteiger partial charge in [0.1, 0.15) is 11.5 Å². The quantitative estimate of drug-likeness (QED) is 0.0951. The molecule has 4 aromatic carbocycles. The summed E-state index contributed by atoms with van der Waals surface area (Å²) in [5.74, 6) is -0.634. The van der Waals surface area contributed by atoms with Crippen LogP contribution in [0.15, 0.2) is 91.0 Å². The molecule has 0 aromatic heterocycles. The van der Waals surface area contributed by atoms with E-state index in [1.54, 1.807) is 61.5 Å². The molecule has 7 heteroatoms. The number of benzene rings is 4. The van der Waals surface area contributed by atoms with E-state index in [9.17, 15) is 19.2 Å². The van der Waals surface area contributed by atoms with E-state index < -0.39 is 5.97 Å². The van der Waals surface area contributed by atoms with Crippen LogP contribution in [-0.2, 0) is 14.3 Å². The lowest BCUT2D eigenvalue weighted by atomic mass is 9.82. The molecule has 5 rings (SSSR count). The second kappa shape index (κ2) is 12.6. The Hall–Kier alpha value is -5.04. The molecule has 212 valence electrons. The average molecular weight is 563 g/mol. The first-order valence-electron chi connectivity index (χ1n) is 13.9. The van der Waals surface area contributed by atoms with Gasteiger partial charge in [-0.05, 0) is 85.8 Å². The molecule has 0 amide bonds. The highest BCUT2D eigenvalue weighted by Gasteiger charge is 2.32. The molecule has 0 saturated carbocycles. The Morgan fingerprint density at radius 1 is 0.690 bits per heavy atom. The van der Waals surface area contributed by atoms with E-state index in [4.69, 9.17) is 14.2 Å². The van der Waals surface area contributed by atoms with E-state index in [1.807, 2.05) is 24.3 Å². The zero-order chi connectivity index (χ0) is 29.6. The second-order valence-electron chi connectivity index (χ2n) is 10.2. The molecule has 1 aliphatic rings. The van der Waals surface area contributed by atoms with Crippen LogP contribution in [0.1, 0.15) is 74.8 Å². The van der Waals surface area contributed by atoms with Crippen LogP contribution < -0.4 is 4.74 Å². The van der Waals surface area contributed by atoms with Gasteiger partial charge in [0.2, 0.25) is 0 Å². The lowest BCUT2D eigenvalue weighted by Crippen LogP contribution is -2.21. The SMILES string of the molecule is C=C(C)C(=O)OCCCCCCOC(=O)c1ccc(Oc2cccc3c2C(=O)c2cc4ccccc4cc2C3=O)cc1. The predicted octanol–water partition coefficient (Wildman–Crippen LogP) is 7.24. The number of unbranched alkanes of at least 4 members (excludes halogenated alkanes) is 3. The molecule has 1 aliphatic carbocycles. The molecule has 4 aromatic rings. The molecule has 0 heterocycles. The highest BCUT2D eigenvalue weighted by Crippen LogP contribution is 2.37. The number of ketones is 2. The van der Waals surface area contributed by atoms with E-state index in [0.29, 0.717) is 46.6 Å². The Balaban J connectivity index is 1.18. The van der Waals surface area contributed by atoms with Crippen molar-refractivity contribution in [1.29, 1.82) is 0 Å². The summed E-state index contributed by atoms with van der Waals surface area (Å²) in [6.07, 6.45) is 3.13. The zero-order valence-electron chi connectivity index (χ0n) is 23.3. The van der Waals surface area contributed by atoms with Crippen molar-refractivity contribution in [2.24, 2.45) is 0 Å².